The standard InChI is InChI=1S/C16H21ClN2OS/c1-18-7-8-19(10-12(18)6-9-20)11-15-16(17)13-4-2-3-5-14(13)21-15/h2-5,12,20H,6-11H2,1H3/t12-/m1/s1. The van der Waals surface area contributed by atoms with Gasteiger partial charge in [-0.3, -0.25) is 4.90 Å². The van der Waals surface area contributed by atoms with E-state index >= 15 is 0 Å². The predicted octanol–water partition coefficient (Wildman–Crippen LogP) is 3.05. The molecule has 0 saturated carbocycles. The number of nitrogens with zero attached hydrogens (tertiary/aromatic N) is 2. The Morgan fingerprint density at radius 3 is 2.90 bits per heavy atom. The van der Waals surface area contributed by atoms with Crippen molar-refractivity contribution in [2.45, 2.75) is 19.0 Å². The highest BCUT2D eigenvalue weighted by Crippen LogP contribution is 2.36. The lowest BCUT2D eigenvalue weighted by Crippen LogP contribution is -2.51. The second-order valence-electron chi connectivity index (χ2n) is 5.72. The fourth-order valence-electron chi connectivity index (χ4n) is 2.98. The largest absolute Gasteiger partial charge is 0.396 e. The zero-order valence-electron chi connectivity index (χ0n) is 12.3. The molecule has 1 aliphatic rings. The van der Waals surface area contributed by atoms with Gasteiger partial charge in [0.15, 0.2) is 0 Å². The van der Waals surface area contributed by atoms with Crippen molar-refractivity contribution in [3.63, 3.8) is 0 Å². The Morgan fingerprint density at radius 2 is 2.14 bits per heavy atom. The van der Waals surface area contributed by atoms with E-state index in [9.17, 15) is 5.11 Å². The number of hydrogen-bond donors (Lipinski definition) is 1. The van der Waals surface area contributed by atoms with Crippen LogP contribution in [0, 0.1) is 0 Å². The van der Waals surface area contributed by atoms with Crippen LogP contribution in [-0.2, 0) is 6.54 Å². The maximum absolute atomic E-state index is 9.19. The zero-order valence-corrected chi connectivity index (χ0v) is 13.8. The summed E-state index contributed by atoms with van der Waals surface area (Å²) in [5, 5.41) is 11.3. The monoisotopic (exact) mass is 324 g/mol. The molecule has 0 unspecified atom stereocenters. The number of aliphatic hydroxyl groups is 1. The number of fused-ring (bicyclic) bond motifs is 1. The van der Waals surface area contributed by atoms with Crippen molar-refractivity contribution in [2.75, 3.05) is 33.3 Å². The van der Waals surface area contributed by atoms with E-state index in [2.05, 4.69) is 35.0 Å². The highest BCUT2D eigenvalue weighted by Gasteiger charge is 2.24. The number of rotatable bonds is 4. The van der Waals surface area contributed by atoms with Crippen LogP contribution in [0.2, 0.25) is 5.02 Å². The molecule has 2 heterocycles. The Kier molecular flexibility index (Phi) is 4.82. The van der Waals surface area contributed by atoms with E-state index in [0.29, 0.717) is 6.04 Å². The molecule has 0 amide bonds. The van der Waals surface area contributed by atoms with Crippen LogP contribution in [0.3, 0.4) is 0 Å². The first-order chi connectivity index (χ1) is 10.2. The highest BCUT2D eigenvalue weighted by atomic mass is 35.5. The molecule has 1 aliphatic heterocycles. The van der Waals surface area contributed by atoms with E-state index in [1.54, 1.807) is 11.3 Å². The van der Waals surface area contributed by atoms with Gasteiger partial charge in [-0.1, -0.05) is 29.8 Å². The summed E-state index contributed by atoms with van der Waals surface area (Å²) in [5.41, 5.74) is 0. The first kappa shape index (κ1) is 15.3. The highest BCUT2D eigenvalue weighted by molar-refractivity contribution is 7.19. The first-order valence-corrected chi connectivity index (χ1v) is 8.58. The summed E-state index contributed by atoms with van der Waals surface area (Å²) in [5.74, 6) is 0. The third kappa shape index (κ3) is 3.25. The van der Waals surface area contributed by atoms with Crippen molar-refractivity contribution in [1.82, 2.24) is 9.80 Å². The van der Waals surface area contributed by atoms with Gasteiger partial charge in [0.05, 0.1) is 5.02 Å². The lowest BCUT2D eigenvalue weighted by molar-refractivity contribution is 0.0749. The van der Waals surface area contributed by atoms with E-state index in [1.807, 2.05) is 6.07 Å². The number of likely N-dealkylation sites (N-methyl/N-ethyl adjacent to an activating group) is 1. The molecule has 5 heteroatoms. The third-order valence-electron chi connectivity index (χ3n) is 4.29. The van der Waals surface area contributed by atoms with Crippen molar-refractivity contribution in [1.29, 1.82) is 0 Å². The fourth-order valence-corrected chi connectivity index (χ4v) is 4.52. The molecule has 3 nitrogen and oxygen atoms in total. The van der Waals surface area contributed by atoms with E-state index in [1.165, 1.54) is 15.0 Å². The Hall–Kier alpha value is -0.650. The minimum Gasteiger partial charge on any atom is -0.396 e. The van der Waals surface area contributed by atoms with E-state index in [-0.39, 0.29) is 6.61 Å². The van der Waals surface area contributed by atoms with E-state index < -0.39 is 0 Å². The zero-order chi connectivity index (χ0) is 14.8. The quantitative estimate of drug-likeness (QED) is 0.936. The second kappa shape index (κ2) is 6.63. The fraction of sp³-hybridized carbons (Fsp3) is 0.500. The lowest BCUT2D eigenvalue weighted by atomic mass is 10.1. The molecule has 1 atom stereocenters. The summed E-state index contributed by atoms with van der Waals surface area (Å²) in [6.45, 7) is 4.28. The maximum Gasteiger partial charge on any atom is 0.0637 e. The van der Waals surface area contributed by atoms with Crippen LogP contribution in [0.15, 0.2) is 24.3 Å². The third-order valence-corrected chi connectivity index (χ3v) is 5.99. The molecule has 0 spiro atoms. The molecule has 3 rings (SSSR count). The van der Waals surface area contributed by atoms with Crippen LogP contribution in [0.5, 0.6) is 0 Å². The van der Waals surface area contributed by atoms with Gasteiger partial charge in [-0.25, -0.2) is 0 Å². The van der Waals surface area contributed by atoms with Crippen molar-refractivity contribution in [3.8, 4) is 0 Å². The predicted molar refractivity (Wildman–Crippen MR) is 90.2 cm³/mol. The van der Waals surface area contributed by atoms with E-state index in [0.717, 1.165) is 37.6 Å². The number of hydrogen-bond acceptors (Lipinski definition) is 4. The van der Waals surface area contributed by atoms with Gasteiger partial charge in [0.2, 0.25) is 0 Å². The summed E-state index contributed by atoms with van der Waals surface area (Å²) < 4.78 is 1.26. The molecule has 0 aliphatic carbocycles. The molecule has 1 fully saturated rings. The topological polar surface area (TPSA) is 26.7 Å². The average molecular weight is 325 g/mol. The molecule has 114 valence electrons. The molecule has 1 aromatic heterocycles. The Labute approximate surface area is 134 Å². The Bertz CT molecular complexity index is 615. The molecule has 1 saturated heterocycles. The van der Waals surface area contributed by atoms with Crippen LogP contribution in [0.1, 0.15) is 11.3 Å². The summed E-state index contributed by atoms with van der Waals surface area (Å²) in [4.78, 5) is 6.06. The van der Waals surface area contributed by atoms with Crippen LogP contribution >= 0.6 is 22.9 Å². The Balaban J connectivity index is 1.74. The number of thiophene rings is 1. The molecule has 0 radical (unpaired) electrons. The molecule has 1 aromatic carbocycles. The molecule has 1 N–H and O–H groups in total. The molecule has 21 heavy (non-hydrogen) atoms. The van der Waals surface area contributed by atoms with Gasteiger partial charge in [0.25, 0.3) is 0 Å². The van der Waals surface area contributed by atoms with Gasteiger partial charge < -0.3 is 10.0 Å². The number of halogens is 1. The second-order valence-corrected chi connectivity index (χ2v) is 7.23. The van der Waals surface area contributed by atoms with Gasteiger partial charge in [-0.15, -0.1) is 11.3 Å². The van der Waals surface area contributed by atoms with Crippen molar-refractivity contribution < 1.29 is 5.11 Å². The first-order valence-electron chi connectivity index (χ1n) is 7.38. The average Bonchev–Trinajstić information content (AvgIpc) is 2.80. The Morgan fingerprint density at radius 1 is 1.33 bits per heavy atom. The van der Waals surface area contributed by atoms with Gasteiger partial charge in [0, 0.05) is 53.8 Å². The van der Waals surface area contributed by atoms with Gasteiger partial charge in [-0.2, -0.15) is 0 Å². The summed E-state index contributed by atoms with van der Waals surface area (Å²) >= 11 is 8.33. The normalized spacial score (nSPS) is 21.2. The van der Waals surface area contributed by atoms with Crippen molar-refractivity contribution in [2.24, 2.45) is 0 Å². The SMILES string of the molecule is CN1CCN(Cc2sc3ccccc3c2Cl)C[C@H]1CCO. The molecule has 0 bridgehead atoms. The van der Waals surface area contributed by atoms with Crippen molar-refractivity contribution >= 4 is 33.0 Å². The lowest BCUT2D eigenvalue weighted by Gasteiger charge is -2.39. The maximum atomic E-state index is 9.19. The number of benzene rings is 1. The minimum atomic E-state index is 0.256. The van der Waals surface area contributed by atoms with Gasteiger partial charge in [-0.05, 0) is 19.5 Å². The molecular formula is C16H21ClN2OS. The summed E-state index contributed by atoms with van der Waals surface area (Å²) in [6, 6.07) is 8.77. The van der Waals surface area contributed by atoms with Crippen LogP contribution in [0.25, 0.3) is 10.1 Å². The number of aliphatic hydroxyl groups excluding tert-OH is 1. The number of piperazine rings is 1. The van der Waals surface area contributed by atoms with Crippen LogP contribution < -0.4 is 0 Å². The van der Waals surface area contributed by atoms with Crippen LogP contribution in [0.4, 0.5) is 0 Å². The minimum absolute atomic E-state index is 0.256. The summed E-state index contributed by atoms with van der Waals surface area (Å²) in [7, 11) is 2.14. The summed E-state index contributed by atoms with van der Waals surface area (Å²) in [6.07, 6.45) is 0.840. The van der Waals surface area contributed by atoms with Gasteiger partial charge in [0.1, 0.15) is 0 Å². The molecule has 2 aromatic rings. The molecular weight excluding hydrogens is 304 g/mol. The smallest absolute Gasteiger partial charge is 0.0637 e. The van der Waals surface area contributed by atoms with Crippen molar-refractivity contribution in [3.05, 3.63) is 34.2 Å². The van der Waals surface area contributed by atoms with E-state index in [4.69, 9.17) is 11.6 Å². The van der Waals surface area contributed by atoms with Crippen LogP contribution in [-0.4, -0.2) is 54.2 Å². The van der Waals surface area contributed by atoms with Gasteiger partial charge >= 0.3 is 0 Å².